The zero-order chi connectivity index (χ0) is 10.8. The van der Waals surface area contributed by atoms with Gasteiger partial charge in [0.2, 0.25) is 0 Å². The minimum atomic E-state index is -0.0269. The minimum absolute atomic E-state index is 0.0269. The Kier molecular flexibility index (Phi) is 3.70. The molecule has 0 unspecified atom stereocenters. The Morgan fingerprint density at radius 2 is 1.93 bits per heavy atom. The summed E-state index contributed by atoms with van der Waals surface area (Å²) in [7, 11) is 1.50. The molecule has 2 aliphatic carbocycles. The van der Waals surface area contributed by atoms with Gasteiger partial charge in [-0.05, 0) is 31.1 Å². The summed E-state index contributed by atoms with van der Waals surface area (Å²) in [4.78, 5) is 12.0. The first-order valence-electron chi connectivity index (χ1n) is 5.96. The molecule has 2 fully saturated rings. The van der Waals surface area contributed by atoms with Gasteiger partial charge in [-0.1, -0.05) is 35.2 Å². The summed E-state index contributed by atoms with van der Waals surface area (Å²) in [6, 6.07) is 0. The van der Waals surface area contributed by atoms with E-state index in [9.17, 15) is 4.79 Å². The van der Waals surface area contributed by atoms with Crippen LogP contribution in [0.25, 0.3) is 0 Å². The molecular formula is C12H19BrO2. The van der Waals surface area contributed by atoms with Crippen LogP contribution in [0.1, 0.15) is 38.5 Å². The Labute approximate surface area is 99.9 Å². The highest BCUT2D eigenvalue weighted by Crippen LogP contribution is 2.46. The third-order valence-corrected chi connectivity index (χ3v) is 5.43. The van der Waals surface area contributed by atoms with E-state index < -0.39 is 0 Å². The molecule has 0 aromatic heterocycles. The number of carbonyl (C=O) groups is 1. The predicted octanol–water partition coefficient (Wildman–Crippen LogP) is 3.14. The van der Waals surface area contributed by atoms with E-state index in [0.717, 1.165) is 12.3 Å². The van der Waals surface area contributed by atoms with Crippen molar-refractivity contribution in [3.05, 3.63) is 0 Å². The van der Waals surface area contributed by atoms with Gasteiger partial charge in [0, 0.05) is 4.83 Å². The second-order valence-electron chi connectivity index (χ2n) is 4.86. The van der Waals surface area contributed by atoms with E-state index in [4.69, 9.17) is 4.74 Å². The van der Waals surface area contributed by atoms with Crippen LogP contribution in [0.5, 0.6) is 0 Å². The third kappa shape index (κ3) is 2.22. The Hall–Kier alpha value is -0.0500. The molecule has 0 aromatic rings. The number of halogens is 1. The SMILES string of the molecule is COC(=O)[C@H]1CC[C@H]2CCCC[C@@H]2[C@@H]1Br. The molecule has 3 heteroatoms. The number of hydrogen-bond acceptors (Lipinski definition) is 2. The monoisotopic (exact) mass is 274 g/mol. The van der Waals surface area contributed by atoms with Crippen LogP contribution >= 0.6 is 15.9 Å². The van der Waals surface area contributed by atoms with Crippen LogP contribution in [0.15, 0.2) is 0 Å². The Morgan fingerprint density at radius 1 is 1.20 bits per heavy atom. The zero-order valence-corrected chi connectivity index (χ0v) is 10.8. The van der Waals surface area contributed by atoms with Crippen molar-refractivity contribution in [3.8, 4) is 0 Å². The molecule has 4 atom stereocenters. The van der Waals surface area contributed by atoms with Gasteiger partial charge >= 0.3 is 5.97 Å². The number of ether oxygens (including phenoxy) is 1. The number of fused-ring (bicyclic) bond motifs is 1. The van der Waals surface area contributed by atoms with Crippen molar-refractivity contribution < 1.29 is 9.53 Å². The largest absolute Gasteiger partial charge is 0.469 e. The minimum Gasteiger partial charge on any atom is -0.469 e. The average molecular weight is 275 g/mol. The van der Waals surface area contributed by atoms with E-state index in [1.165, 1.54) is 39.2 Å². The lowest BCUT2D eigenvalue weighted by atomic mass is 9.67. The number of esters is 1. The molecule has 2 aliphatic rings. The van der Waals surface area contributed by atoms with Crippen LogP contribution < -0.4 is 0 Å². The van der Waals surface area contributed by atoms with E-state index in [-0.39, 0.29) is 11.9 Å². The molecular weight excluding hydrogens is 256 g/mol. The summed E-state index contributed by atoms with van der Waals surface area (Å²) >= 11 is 3.74. The summed E-state index contributed by atoms with van der Waals surface area (Å²) in [6.07, 6.45) is 7.58. The van der Waals surface area contributed by atoms with Crippen molar-refractivity contribution in [1.29, 1.82) is 0 Å². The number of alkyl halides is 1. The van der Waals surface area contributed by atoms with E-state index >= 15 is 0 Å². The molecule has 0 bridgehead atoms. The average Bonchev–Trinajstić information content (AvgIpc) is 2.29. The van der Waals surface area contributed by atoms with Crippen LogP contribution in [-0.4, -0.2) is 17.9 Å². The first-order valence-corrected chi connectivity index (χ1v) is 6.87. The highest BCUT2D eigenvalue weighted by molar-refractivity contribution is 9.09. The van der Waals surface area contributed by atoms with E-state index in [2.05, 4.69) is 15.9 Å². The molecule has 0 radical (unpaired) electrons. The lowest BCUT2D eigenvalue weighted by Crippen LogP contribution is -2.40. The zero-order valence-electron chi connectivity index (χ0n) is 9.25. The molecule has 0 saturated heterocycles. The van der Waals surface area contributed by atoms with Crippen molar-refractivity contribution in [2.45, 2.75) is 43.4 Å². The smallest absolute Gasteiger partial charge is 0.309 e. The molecule has 2 rings (SSSR count). The number of hydrogen-bond donors (Lipinski definition) is 0. The molecule has 0 N–H and O–H groups in total. The van der Waals surface area contributed by atoms with Crippen LogP contribution in [0, 0.1) is 17.8 Å². The van der Waals surface area contributed by atoms with Gasteiger partial charge in [-0.2, -0.15) is 0 Å². The lowest BCUT2D eigenvalue weighted by Gasteiger charge is -2.42. The Bertz CT molecular complexity index is 242. The van der Waals surface area contributed by atoms with Crippen molar-refractivity contribution >= 4 is 21.9 Å². The second-order valence-corrected chi connectivity index (χ2v) is 5.92. The Morgan fingerprint density at radius 3 is 2.67 bits per heavy atom. The molecule has 15 heavy (non-hydrogen) atoms. The second kappa shape index (κ2) is 4.86. The fourth-order valence-corrected chi connectivity index (χ4v) is 4.44. The van der Waals surface area contributed by atoms with E-state index in [1.54, 1.807) is 0 Å². The molecule has 0 heterocycles. The van der Waals surface area contributed by atoms with Crippen molar-refractivity contribution in [2.75, 3.05) is 7.11 Å². The van der Waals surface area contributed by atoms with Gasteiger partial charge in [0.25, 0.3) is 0 Å². The summed E-state index contributed by atoms with van der Waals surface area (Å²) in [5.41, 5.74) is 0. The van der Waals surface area contributed by atoms with E-state index in [1.807, 2.05) is 0 Å². The van der Waals surface area contributed by atoms with Gasteiger partial charge in [-0.3, -0.25) is 4.79 Å². The first-order chi connectivity index (χ1) is 7.24. The molecule has 0 aromatic carbocycles. The molecule has 0 amide bonds. The van der Waals surface area contributed by atoms with Gasteiger partial charge in [0.15, 0.2) is 0 Å². The maximum absolute atomic E-state index is 11.6. The van der Waals surface area contributed by atoms with Crippen LogP contribution in [0.3, 0.4) is 0 Å². The third-order valence-electron chi connectivity index (χ3n) is 4.11. The summed E-state index contributed by atoms with van der Waals surface area (Å²) in [5.74, 6) is 1.62. The van der Waals surface area contributed by atoms with Crippen LogP contribution in [-0.2, 0) is 9.53 Å². The van der Waals surface area contributed by atoms with Gasteiger partial charge in [-0.25, -0.2) is 0 Å². The van der Waals surface area contributed by atoms with E-state index in [0.29, 0.717) is 10.7 Å². The predicted molar refractivity (Wildman–Crippen MR) is 62.9 cm³/mol. The van der Waals surface area contributed by atoms with Crippen molar-refractivity contribution in [2.24, 2.45) is 17.8 Å². The standard InChI is InChI=1S/C12H19BrO2/c1-15-12(14)10-7-6-8-4-2-3-5-9(8)11(10)13/h8-11H,2-7H2,1H3/t8-,9+,10+,11+/m1/s1. The number of methoxy groups -OCH3 is 1. The highest BCUT2D eigenvalue weighted by atomic mass is 79.9. The fourth-order valence-electron chi connectivity index (χ4n) is 3.26. The molecule has 0 spiro atoms. The summed E-state index contributed by atoms with van der Waals surface area (Å²) in [6.45, 7) is 0. The maximum atomic E-state index is 11.6. The quantitative estimate of drug-likeness (QED) is 0.543. The van der Waals surface area contributed by atoms with Gasteiger partial charge in [0.1, 0.15) is 0 Å². The molecule has 2 saturated carbocycles. The van der Waals surface area contributed by atoms with Crippen LogP contribution in [0.2, 0.25) is 0 Å². The normalized spacial score (nSPS) is 40.7. The fraction of sp³-hybridized carbons (Fsp3) is 0.917. The highest BCUT2D eigenvalue weighted by Gasteiger charge is 2.42. The van der Waals surface area contributed by atoms with Crippen molar-refractivity contribution in [1.82, 2.24) is 0 Å². The first kappa shape index (κ1) is 11.4. The number of carbonyl (C=O) groups excluding carboxylic acids is 1. The molecule has 0 aliphatic heterocycles. The number of rotatable bonds is 1. The van der Waals surface area contributed by atoms with Crippen molar-refractivity contribution in [3.63, 3.8) is 0 Å². The molecule has 2 nitrogen and oxygen atoms in total. The van der Waals surface area contributed by atoms with Gasteiger partial charge in [-0.15, -0.1) is 0 Å². The Balaban J connectivity index is 2.04. The van der Waals surface area contributed by atoms with Gasteiger partial charge in [0.05, 0.1) is 13.0 Å². The van der Waals surface area contributed by atoms with Gasteiger partial charge < -0.3 is 4.74 Å². The topological polar surface area (TPSA) is 26.3 Å². The maximum Gasteiger partial charge on any atom is 0.309 e. The summed E-state index contributed by atoms with van der Waals surface area (Å²) < 4.78 is 4.87. The van der Waals surface area contributed by atoms with Crippen LogP contribution in [0.4, 0.5) is 0 Å². The molecule has 86 valence electrons. The summed E-state index contributed by atoms with van der Waals surface area (Å²) in [5, 5.41) is 0. The lowest BCUT2D eigenvalue weighted by molar-refractivity contribution is -0.147.